The summed E-state index contributed by atoms with van der Waals surface area (Å²) in [6, 6.07) is 13.8. The molecule has 3 nitrogen and oxygen atoms in total. The van der Waals surface area contributed by atoms with Crippen molar-refractivity contribution < 1.29 is 9.53 Å². The number of ether oxygens (including phenoxy) is 1. The molecule has 0 atom stereocenters. The molecule has 0 bridgehead atoms. The van der Waals surface area contributed by atoms with E-state index in [0.717, 1.165) is 11.3 Å². The van der Waals surface area contributed by atoms with E-state index in [9.17, 15) is 4.79 Å². The fourth-order valence-electron chi connectivity index (χ4n) is 2.27. The van der Waals surface area contributed by atoms with Gasteiger partial charge in [-0.1, -0.05) is 32.0 Å². The molecule has 0 radical (unpaired) electrons. The third kappa shape index (κ3) is 4.85. The van der Waals surface area contributed by atoms with Gasteiger partial charge in [0.2, 0.25) is 0 Å². The van der Waals surface area contributed by atoms with Crippen molar-refractivity contribution in [3.05, 3.63) is 64.7 Å². The Morgan fingerprint density at radius 2 is 1.74 bits per heavy atom. The Hall–Kier alpha value is -2.29. The molecule has 0 aliphatic heterocycles. The minimum atomic E-state index is -0.0631. The van der Waals surface area contributed by atoms with Crippen LogP contribution in [0.1, 0.15) is 46.8 Å². The van der Waals surface area contributed by atoms with E-state index in [-0.39, 0.29) is 5.91 Å². The van der Waals surface area contributed by atoms with E-state index in [0.29, 0.717) is 24.6 Å². The van der Waals surface area contributed by atoms with Crippen molar-refractivity contribution in [1.29, 1.82) is 0 Å². The first-order valence-corrected chi connectivity index (χ1v) is 8.05. The fourth-order valence-corrected chi connectivity index (χ4v) is 2.27. The van der Waals surface area contributed by atoms with E-state index in [1.807, 2.05) is 44.2 Å². The SMILES string of the molecule is Cc1ccc(C(=O)NCCOc2ccc(C(C)C)cc2)cc1C. The van der Waals surface area contributed by atoms with E-state index < -0.39 is 0 Å². The van der Waals surface area contributed by atoms with Gasteiger partial charge in [-0.2, -0.15) is 0 Å². The molecule has 0 aliphatic rings. The molecule has 0 saturated heterocycles. The monoisotopic (exact) mass is 311 g/mol. The van der Waals surface area contributed by atoms with Crippen molar-refractivity contribution in [2.75, 3.05) is 13.2 Å². The number of amides is 1. The van der Waals surface area contributed by atoms with Crippen LogP contribution in [0, 0.1) is 13.8 Å². The second-order valence-electron chi connectivity index (χ2n) is 6.13. The average molecular weight is 311 g/mol. The number of carbonyl (C=O) groups is 1. The van der Waals surface area contributed by atoms with Crippen LogP contribution in [0.4, 0.5) is 0 Å². The van der Waals surface area contributed by atoms with Gasteiger partial charge >= 0.3 is 0 Å². The number of aryl methyl sites for hydroxylation is 2. The lowest BCUT2D eigenvalue weighted by atomic mass is 10.0. The summed E-state index contributed by atoms with van der Waals surface area (Å²) in [5.41, 5.74) is 4.30. The Balaban J connectivity index is 1.78. The number of rotatable bonds is 6. The van der Waals surface area contributed by atoms with Gasteiger partial charge in [-0.25, -0.2) is 0 Å². The topological polar surface area (TPSA) is 38.3 Å². The highest BCUT2D eigenvalue weighted by Crippen LogP contribution is 2.18. The Morgan fingerprint density at radius 1 is 1.04 bits per heavy atom. The van der Waals surface area contributed by atoms with Gasteiger partial charge in [-0.05, 0) is 60.7 Å². The second-order valence-corrected chi connectivity index (χ2v) is 6.13. The zero-order valence-corrected chi connectivity index (χ0v) is 14.3. The molecule has 1 N–H and O–H groups in total. The molecular formula is C20H25NO2. The summed E-state index contributed by atoms with van der Waals surface area (Å²) in [5, 5.41) is 2.88. The summed E-state index contributed by atoms with van der Waals surface area (Å²) in [7, 11) is 0. The Labute approximate surface area is 138 Å². The van der Waals surface area contributed by atoms with Crippen LogP contribution >= 0.6 is 0 Å². The summed E-state index contributed by atoms with van der Waals surface area (Å²) in [6.45, 7) is 9.32. The maximum atomic E-state index is 12.1. The molecule has 3 heteroatoms. The van der Waals surface area contributed by atoms with Crippen LogP contribution in [-0.2, 0) is 0 Å². The molecule has 1 amide bonds. The van der Waals surface area contributed by atoms with Gasteiger partial charge in [0.1, 0.15) is 12.4 Å². The zero-order chi connectivity index (χ0) is 16.8. The molecule has 0 fully saturated rings. The lowest BCUT2D eigenvalue weighted by Gasteiger charge is -2.10. The van der Waals surface area contributed by atoms with E-state index in [2.05, 4.69) is 31.3 Å². The van der Waals surface area contributed by atoms with Crippen LogP contribution < -0.4 is 10.1 Å². The molecule has 23 heavy (non-hydrogen) atoms. The van der Waals surface area contributed by atoms with E-state index >= 15 is 0 Å². The minimum absolute atomic E-state index is 0.0631. The molecule has 122 valence electrons. The molecule has 0 heterocycles. The van der Waals surface area contributed by atoms with Gasteiger partial charge in [0.15, 0.2) is 0 Å². The first kappa shape index (κ1) is 17.1. The molecule has 0 aromatic heterocycles. The van der Waals surface area contributed by atoms with Crippen molar-refractivity contribution in [3.8, 4) is 5.75 Å². The highest BCUT2D eigenvalue weighted by molar-refractivity contribution is 5.94. The number of hydrogen-bond acceptors (Lipinski definition) is 2. The van der Waals surface area contributed by atoms with Crippen molar-refractivity contribution >= 4 is 5.91 Å². The molecule has 2 aromatic carbocycles. The van der Waals surface area contributed by atoms with Gasteiger partial charge in [0.05, 0.1) is 6.54 Å². The van der Waals surface area contributed by atoms with Gasteiger partial charge < -0.3 is 10.1 Å². The van der Waals surface area contributed by atoms with Crippen molar-refractivity contribution in [3.63, 3.8) is 0 Å². The molecule has 0 spiro atoms. The fraction of sp³-hybridized carbons (Fsp3) is 0.350. The summed E-state index contributed by atoms with van der Waals surface area (Å²) < 4.78 is 5.66. The first-order chi connectivity index (χ1) is 11.0. The van der Waals surface area contributed by atoms with Crippen LogP contribution in [0.2, 0.25) is 0 Å². The van der Waals surface area contributed by atoms with Crippen molar-refractivity contribution in [1.82, 2.24) is 5.32 Å². The smallest absolute Gasteiger partial charge is 0.251 e. The first-order valence-electron chi connectivity index (χ1n) is 8.05. The standard InChI is InChI=1S/C20H25NO2/c1-14(2)17-7-9-19(10-8-17)23-12-11-21-20(22)18-6-5-15(3)16(4)13-18/h5-10,13-14H,11-12H2,1-4H3,(H,21,22). The predicted octanol–water partition coefficient (Wildman–Crippen LogP) is 4.24. The van der Waals surface area contributed by atoms with Gasteiger partial charge in [-0.15, -0.1) is 0 Å². The zero-order valence-electron chi connectivity index (χ0n) is 14.3. The van der Waals surface area contributed by atoms with Crippen LogP contribution in [0.5, 0.6) is 5.75 Å². The Morgan fingerprint density at radius 3 is 2.35 bits per heavy atom. The van der Waals surface area contributed by atoms with Crippen LogP contribution in [0.15, 0.2) is 42.5 Å². The van der Waals surface area contributed by atoms with Crippen LogP contribution in [0.3, 0.4) is 0 Å². The van der Waals surface area contributed by atoms with Crippen molar-refractivity contribution in [2.45, 2.75) is 33.6 Å². The number of benzene rings is 2. The lowest BCUT2D eigenvalue weighted by molar-refractivity contribution is 0.0947. The number of carbonyl (C=O) groups excluding carboxylic acids is 1. The minimum Gasteiger partial charge on any atom is -0.492 e. The summed E-state index contributed by atoms with van der Waals surface area (Å²) in [5.74, 6) is 1.28. The van der Waals surface area contributed by atoms with Gasteiger partial charge in [0.25, 0.3) is 5.91 Å². The average Bonchev–Trinajstić information content (AvgIpc) is 2.54. The molecule has 0 saturated carbocycles. The predicted molar refractivity (Wildman–Crippen MR) is 94.3 cm³/mol. The molecule has 0 aliphatic carbocycles. The Bertz CT molecular complexity index is 660. The second kappa shape index (κ2) is 7.82. The van der Waals surface area contributed by atoms with Crippen molar-refractivity contribution in [2.24, 2.45) is 0 Å². The molecular weight excluding hydrogens is 286 g/mol. The lowest BCUT2D eigenvalue weighted by Crippen LogP contribution is -2.28. The van der Waals surface area contributed by atoms with Crippen LogP contribution in [-0.4, -0.2) is 19.1 Å². The highest BCUT2D eigenvalue weighted by Gasteiger charge is 2.06. The maximum absolute atomic E-state index is 12.1. The highest BCUT2D eigenvalue weighted by atomic mass is 16.5. The maximum Gasteiger partial charge on any atom is 0.251 e. The summed E-state index contributed by atoms with van der Waals surface area (Å²) >= 11 is 0. The Kier molecular flexibility index (Phi) is 5.80. The quantitative estimate of drug-likeness (QED) is 0.811. The third-order valence-corrected chi connectivity index (χ3v) is 3.97. The largest absolute Gasteiger partial charge is 0.492 e. The molecule has 2 aromatic rings. The molecule has 2 rings (SSSR count). The number of nitrogens with one attached hydrogen (secondary N) is 1. The van der Waals surface area contributed by atoms with E-state index in [4.69, 9.17) is 4.74 Å². The van der Waals surface area contributed by atoms with E-state index in [1.165, 1.54) is 11.1 Å². The summed E-state index contributed by atoms with van der Waals surface area (Å²) in [6.07, 6.45) is 0. The van der Waals surface area contributed by atoms with E-state index in [1.54, 1.807) is 0 Å². The van der Waals surface area contributed by atoms with Gasteiger partial charge in [0, 0.05) is 5.56 Å². The van der Waals surface area contributed by atoms with Crippen LogP contribution in [0.25, 0.3) is 0 Å². The summed E-state index contributed by atoms with van der Waals surface area (Å²) in [4.78, 5) is 12.1. The third-order valence-electron chi connectivity index (χ3n) is 3.97. The normalized spacial score (nSPS) is 10.7. The van der Waals surface area contributed by atoms with Gasteiger partial charge in [-0.3, -0.25) is 4.79 Å². The molecule has 0 unspecified atom stereocenters. The number of hydrogen-bond donors (Lipinski definition) is 1.